The lowest BCUT2D eigenvalue weighted by atomic mass is 9.90. The molecule has 0 saturated carbocycles. The lowest BCUT2D eigenvalue weighted by Gasteiger charge is -2.14. The van der Waals surface area contributed by atoms with Crippen LogP contribution in [0.1, 0.15) is 0 Å². The number of benzene rings is 7. The number of nitrogens with zero attached hydrogens (tertiary/aromatic N) is 3. The Kier molecular flexibility index (Phi) is 6.32. The SMILES string of the molecule is Fc1ccc(-c2cc(-c3ccc(-c4cccnc4)cc3)nc(-c3ccc(-c4ccc5ccc6cccc7ccc4c5c67)cc3)n2)cc1. The van der Waals surface area contributed by atoms with Gasteiger partial charge in [-0.2, -0.15) is 0 Å². The van der Waals surface area contributed by atoms with Crippen LogP contribution in [-0.4, -0.2) is 15.0 Å². The van der Waals surface area contributed by atoms with Gasteiger partial charge in [0, 0.05) is 29.1 Å². The molecular weight excluding hydrogens is 577 g/mol. The molecule has 9 rings (SSSR count). The van der Waals surface area contributed by atoms with Crippen molar-refractivity contribution in [2.45, 2.75) is 0 Å². The average molecular weight is 604 g/mol. The van der Waals surface area contributed by atoms with Crippen LogP contribution in [0.5, 0.6) is 0 Å². The summed E-state index contributed by atoms with van der Waals surface area (Å²) in [4.78, 5) is 14.2. The number of hydrogen-bond donors (Lipinski definition) is 0. The molecule has 7 aromatic carbocycles. The third-order valence-electron chi connectivity index (χ3n) is 9.02. The van der Waals surface area contributed by atoms with Gasteiger partial charge in [0.25, 0.3) is 0 Å². The highest BCUT2D eigenvalue weighted by Gasteiger charge is 2.14. The van der Waals surface area contributed by atoms with Gasteiger partial charge in [-0.05, 0) is 91.0 Å². The maximum Gasteiger partial charge on any atom is 0.160 e. The number of aromatic nitrogens is 3. The Morgan fingerprint density at radius 2 is 1.00 bits per heavy atom. The first-order valence-corrected chi connectivity index (χ1v) is 15.6. The molecule has 220 valence electrons. The highest BCUT2D eigenvalue weighted by molar-refractivity contribution is 6.25. The van der Waals surface area contributed by atoms with Crippen LogP contribution in [0.2, 0.25) is 0 Å². The summed E-state index contributed by atoms with van der Waals surface area (Å²) in [5.74, 6) is 0.330. The Labute approximate surface area is 271 Å². The Morgan fingerprint density at radius 3 is 1.68 bits per heavy atom. The molecule has 0 fully saturated rings. The van der Waals surface area contributed by atoms with Crippen LogP contribution in [0, 0.1) is 5.82 Å². The van der Waals surface area contributed by atoms with E-state index >= 15 is 0 Å². The van der Waals surface area contributed by atoms with Gasteiger partial charge >= 0.3 is 0 Å². The van der Waals surface area contributed by atoms with E-state index < -0.39 is 0 Å². The normalized spacial score (nSPS) is 11.5. The summed E-state index contributed by atoms with van der Waals surface area (Å²) in [7, 11) is 0. The van der Waals surface area contributed by atoms with E-state index in [-0.39, 0.29) is 5.82 Å². The lowest BCUT2D eigenvalue weighted by Crippen LogP contribution is -1.96. The molecule has 0 amide bonds. The summed E-state index contributed by atoms with van der Waals surface area (Å²) in [5.41, 5.74) is 8.69. The van der Waals surface area contributed by atoms with Crippen molar-refractivity contribution in [3.8, 4) is 56.2 Å². The number of pyridine rings is 1. The van der Waals surface area contributed by atoms with Gasteiger partial charge in [-0.1, -0.05) is 109 Å². The summed E-state index contributed by atoms with van der Waals surface area (Å²) < 4.78 is 13.8. The van der Waals surface area contributed by atoms with Crippen molar-refractivity contribution in [1.29, 1.82) is 0 Å². The topological polar surface area (TPSA) is 38.7 Å². The van der Waals surface area contributed by atoms with Gasteiger partial charge in [-0.15, -0.1) is 0 Å². The fraction of sp³-hybridized carbons (Fsp3) is 0. The van der Waals surface area contributed by atoms with E-state index in [1.807, 2.05) is 24.4 Å². The van der Waals surface area contributed by atoms with E-state index in [9.17, 15) is 4.39 Å². The van der Waals surface area contributed by atoms with Crippen molar-refractivity contribution in [2.24, 2.45) is 0 Å². The molecule has 0 spiro atoms. The first-order valence-electron chi connectivity index (χ1n) is 15.6. The van der Waals surface area contributed by atoms with Crippen molar-refractivity contribution in [3.05, 3.63) is 164 Å². The number of rotatable bonds is 5. The van der Waals surface area contributed by atoms with Crippen LogP contribution in [0.15, 0.2) is 158 Å². The minimum absolute atomic E-state index is 0.281. The molecule has 0 saturated heterocycles. The fourth-order valence-electron chi connectivity index (χ4n) is 6.65. The zero-order valence-electron chi connectivity index (χ0n) is 25.2. The van der Waals surface area contributed by atoms with Crippen LogP contribution < -0.4 is 0 Å². The third-order valence-corrected chi connectivity index (χ3v) is 9.02. The van der Waals surface area contributed by atoms with Crippen molar-refractivity contribution in [1.82, 2.24) is 15.0 Å². The first kappa shape index (κ1) is 27.1. The lowest BCUT2D eigenvalue weighted by molar-refractivity contribution is 0.628. The summed E-state index contributed by atoms with van der Waals surface area (Å²) in [6.07, 6.45) is 3.63. The molecule has 2 aromatic heterocycles. The summed E-state index contributed by atoms with van der Waals surface area (Å²) in [6, 6.07) is 49.0. The molecule has 4 heteroatoms. The predicted molar refractivity (Wildman–Crippen MR) is 191 cm³/mol. The quantitative estimate of drug-likeness (QED) is 0.184. The molecule has 0 aliphatic rings. The zero-order chi connectivity index (χ0) is 31.3. The van der Waals surface area contributed by atoms with E-state index in [1.54, 1.807) is 18.3 Å². The largest absolute Gasteiger partial charge is 0.264 e. The molecule has 0 N–H and O–H groups in total. The molecule has 2 heterocycles. The second-order valence-corrected chi connectivity index (χ2v) is 11.8. The fourth-order valence-corrected chi connectivity index (χ4v) is 6.65. The molecule has 0 aliphatic carbocycles. The third kappa shape index (κ3) is 4.79. The summed E-state index contributed by atoms with van der Waals surface area (Å²) >= 11 is 0. The van der Waals surface area contributed by atoms with E-state index in [0.717, 1.165) is 44.8 Å². The first-order chi connectivity index (χ1) is 23.2. The molecule has 0 atom stereocenters. The second-order valence-electron chi connectivity index (χ2n) is 11.8. The smallest absolute Gasteiger partial charge is 0.160 e. The van der Waals surface area contributed by atoms with Crippen molar-refractivity contribution in [3.63, 3.8) is 0 Å². The van der Waals surface area contributed by atoms with Crippen LogP contribution in [0.4, 0.5) is 4.39 Å². The number of halogens is 1. The van der Waals surface area contributed by atoms with Crippen molar-refractivity contribution < 1.29 is 4.39 Å². The minimum atomic E-state index is -0.281. The molecule has 0 radical (unpaired) electrons. The monoisotopic (exact) mass is 603 g/mol. The average Bonchev–Trinajstić information content (AvgIpc) is 3.14. The van der Waals surface area contributed by atoms with Gasteiger partial charge in [-0.25, -0.2) is 14.4 Å². The highest BCUT2D eigenvalue weighted by atomic mass is 19.1. The zero-order valence-corrected chi connectivity index (χ0v) is 25.2. The molecule has 47 heavy (non-hydrogen) atoms. The van der Waals surface area contributed by atoms with Gasteiger partial charge in [0.2, 0.25) is 0 Å². The molecule has 0 aliphatic heterocycles. The standard InChI is InChI=1S/C43H26FN3/c44-36-20-16-30(17-21-36)40-25-39(29-10-6-27(7-11-29)35-5-2-24-45-26-35)46-43(47-40)34-14-8-28(9-15-34)37-22-18-33-13-12-31-3-1-4-32-19-23-38(37)42(33)41(31)32/h1-26H. The Balaban J connectivity index is 1.13. The van der Waals surface area contributed by atoms with Crippen molar-refractivity contribution >= 4 is 32.3 Å². The Morgan fingerprint density at radius 1 is 0.426 bits per heavy atom. The van der Waals surface area contributed by atoms with Crippen LogP contribution in [0.3, 0.4) is 0 Å². The molecule has 3 nitrogen and oxygen atoms in total. The molecule has 9 aromatic rings. The maximum absolute atomic E-state index is 13.8. The van der Waals surface area contributed by atoms with Crippen LogP contribution in [0.25, 0.3) is 88.5 Å². The summed E-state index contributed by atoms with van der Waals surface area (Å²) in [5, 5.41) is 7.62. The van der Waals surface area contributed by atoms with E-state index in [1.165, 1.54) is 50.0 Å². The van der Waals surface area contributed by atoms with E-state index in [4.69, 9.17) is 9.97 Å². The highest BCUT2D eigenvalue weighted by Crippen LogP contribution is 2.39. The summed E-state index contributed by atoms with van der Waals surface area (Å²) in [6.45, 7) is 0. The van der Waals surface area contributed by atoms with Crippen LogP contribution >= 0.6 is 0 Å². The Hall–Kier alpha value is -6.26. The second kappa shape index (κ2) is 11.0. The predicted octanol–water partition coefficient (Wildman–Crippen LogP) is 11.2. The van der Waals surface area contributed by atoms with Gasteiger partial charge in [-0.3, -0.25) is 4.98 Å². The van der Waals surface area contributed by atoms with Crippen molar-refractivity contribution in [2.75, 3.05) is 0 Å². The molecule has 0 bridgehead atoms. The minimum Gasteiger partial charge on any atom is -0.264 e. The molecule has 0 unspecified atom stereocenters. The van der Waals surface area contributed by atoms with Gasteiger partial charge < -0.3 is 0 Å². The van der Waals surface area contributed by atoms with E-state index in [2.05, 4.69) is 108 Å². The van der Waals surface area contributed by atoms with E-state index in [0.29, 0.717) is 5.82 Å². The maximum atomic E-state index is 13.8. The van der Waals surface area contributed by atoms with Gasteiger partial charge in [0.1, 0.15) is 5.82 Å². The molecular formula is C43H26FN3. The number of hydrogen-bond acceptors (Lipinski definition) is 3. The van der Waals surface area contributed by atoms with Gasteiger partial charge in [0.05, 0.1) is 11.4 Å². The Bertz CT molecular complexity index is 2530. The van der Waals surface area contributed by atoms with Crippen LogP contribution in [-0.2, 0) is 0 Å². The van der Waals surface area contributed by atoms with Gasteiger partial charge in [0.15, 0.2) is 5.82 Å².